The molecule has 0 saturated heterocycles. The third-order valence-electron chi connectivity index (χ3n) is 4.33. The van der Waals surface area contributed by atoms with Crippen molar-refractivity contribution in [1.82, 2.24) is 4.98 Å². The molecule has 23 heavy (non-hydrogen) atoms. The molecule has 0 aliphatic heterocycles. The van der Waals surface area contributed by atoms with E-state index in [-0.39, 0.29) is 0 Å². The van der Waals surface area contributed by atoms with Crippen LogP contribution in [0.2, 0.25) is 5.02 Å². The van der Waals surface area contributed by atoms with Gasteiger partial charge in [-0.25, -0.2) is 4.98 Å². The Hall–Kier alpha value is -1.56. The van der Waals surface area contributed by atoms with Crippen molar-refractivity contribution in [2.45, 2.75) is 38.9 Å². The second-order valence-corrected chi connectivity index (χ2v) is 7.01. The van der Waals surface area contributed by atoms with Crippen LogP contribution >= 0.6 is 11.6 Å². The van der Waals surface area contributed by atoms with Crippen LogP contribution in [0.1, 0.15) is 27.7 Å². The number of hydrogen-bond donors (Lipinski definition) is 1. The Kier molecular flexibility index (Phi) is 3.91. The normalized spacial score (nSPS) is 13.0. The van der Waals surface area contributed by atoms with Gasteiger partial charge in [-0.2, -0.15) is 0 Å². The Morgan fingerprint density at radius 3 is 2.65 bits per heavy atom. The highest BCUT2D eigenvalue weighted by Crippen LogP contribution is 2.31. The fourth-order valence-corrected chi connectivity index (χ4v) is 2.36. The molecular weight excluding hydrogens is 312 g/mol. The largest absolute Gasteiger partial charge is 0.436 e. The predicted octanol–water partition coefficient (Wildman–Crippen LogP) is 3.45. The van der Waals surface area contributed by atoms with Gasteiger partial charge in [-0.3, -0.25) is 0 Å². The fraction of sp³-hybridized carbons (Fsp3) is 0.353. The Labute approximate surface area is 140 Å². The van der Waals surface area contributed by atoms with Gasteiger partial charge in [0.05, 0.1) is 16.2 Å². The minimum atomic E-state index is -0.991. The molecule has 119 valence electrons. The highest BCUT2D eigenvalue weighted by molar-refractivity contribution is 6.54. The Bertz CT molecular complexity index is 867. The maximum absolute atomic E-state index is 10.2. The van der Waals surface area contributed by atoms with Gasteiger partial charge in [-0.15, -0.1) is 0 Å². The summed E-state index contributed by atoms with van der Waals surface area (Å²) in [6, 6.07) is 7.41. The average molecular weight is 331 g/mol. The van der Waals surface area contributed by atoms with E-state index < -0.39 is 11.2 Å². The molecule has 0 saturated carbocycles. The number of hydrogen-bond acceptors (Lipinski definition) is 4. The number of nitrogens with zero attached hydrogens (tertiary/aromatic N) is 1. The Balaban J connectivity index is 2.07. The highest BCUT2D eigenvalue weighted by atomic mass is 35.5. The van der Waals surface area contributed by atoms with E-state index >= 15 is 0 Å². The van der Waals surface area contributed by atoms with Gasteiger partial charge in [0, 0.05) is 17.0 Å². The van der Waals surface area contributed by atoms with Crippen molar-refractivity contribution in [1.29, 1.82) is 0 Å². The maximum atomic E-state index is 10.2. The number of pyridine rings is 1. The molecule has 3 rings (SSSR count). The third-order valence-corrected chi connectivity index (χ3v) is 4.63. The Morgan fingerprint density at radius 1 is 1.22 bits per heavy atom. The zero-order valence-corrected chi connectivity index (χ0v) is 14.3. The van der Waals surface area contributed by atoms with Crippen LogP contribution < -0.4 is 5.46 Å². The van der Waals surface area contributed by atoms with Crippen molar-refractivity contribution in [3.05, 3.63) is 35.5 Å². The van der Waals surface area contributed by atoms with Gasteiger partial charge in [0.2, 0.25) is 5.71 Å². The van der Waals surface area contributed by atoms with Crippen molar-refractivity contribution in [3.8, 4) is 0 Å². The molecule has 1 radical (unpaired) electrons. The topological polar surface area (TPSA) is 55.5 Å². The van der Waals surface area contributed by atoms with E-state index in [4.69, 9.17) is 20.7 Å². The minimum absolute atomic E-state index is 0.525. The molecule has 3 aromatic rings. The minimum Gasteiger partial charge on any atom is -0.436 e. The summed E-state index contributed by atoms with van der Waals surface area (Å²) >= 11 is 6.25. The highest BCUT2D eigenvalue weighted by Gasteiger charge is 2.36. The summed E-state index contributed by atoms with van der Waals surface area (Å²) in [7, 11) is 1.64. The standard InChI is InChI=1S/C17H18BClNO3/c1-16(2,21)17(3,4)23-18-11-7-8-12(19)14-13(11)10-6-5-9-20-15(10)22-14/h5-9,21H,1-4H3. The molecule has 0 atom stereocenters. The first-order valence-corrected chi connectivity index (χ1v) is 7.78. The average Bonchev–Trinajstić information content (AvgIpc) is 2.86. The number of furan rings is 1. The van der Waals surface area contributed by atoms with E-state index in [0.29, 0.717) is 16.3 Å². The third kappa shape index (κ3) is 2.85. The van der Waals surface area contributed by atoms with Gasteiger partial charge >= 0.3 is 7.48 Å². The summed E-state index contributed by atoms with van der Waals surface area (Å²) in [6.45, 7) is 7.11. The molecule has 1 N–H and O–H groups in total. The summed E-state index contributed by atoms with van der Waals surface area (Å²) in [6.07, 6.45) is 1.68. The molecule has 0 spiro atoms. The summed E-state index contributed by atoms with van der Waals surface area (Å²) in [5.74, 6) is 0. The smallest absolute Gasteiger partial charge is 0.331 e. The molecule has 2 aromatic heterocycles. The monoisotopic (exact) mass is 330 g/mol. The molecule has 0 bridgehead atoms. The van der Waals surface area contributed by atoms with E-state index in [1.807, 2.05) is 32.0 Å². The zero-order valence-electron chi connectivity index (χ0n) is 13.6. The number of aromatic nitrogens is 1. The first kappa shape index (κ1) is 16.3. The summed E-state index contributed by atoms with van der Waals surface area (Å²) < 4.78 is 11.6. The van der Waals surface area contributed by atoms with Crippen molar-refractivity contribution in [2.75, 3.05) is 0 Å². The number of benzene rings is 1. The lowest BCUT2D eigenvalue weighted by molar-refractivity contribution is -0.0893. The van der Waals surface area contributed by atoms with Crippen molar-refractivity contribution in [2.24, 2.45) is 0 Å². The van der Waals surface area contributed by atoms with Crippen LogP contribution in [0.5, 0.6) is 0 Å². The molecule has 0 aliphatic rings. The quantitative estimate of drug-likeness (QED) is 0.745. The van der Waals surface area contributed by atoms with Gasteiger partial charge in [0.1, 0.15) is 0 Å². The molecule has 0 aliphatic carbocycles. The molecule has 6 heteroatoms. The molecule has 0 fully saturated rings. The Morgan fingerprint density at radius 2 is 1.96 bits per heavy atom. The SMILES string of the molecule is CC(C)(O)C(C)(C)O[B]c1ccc(Cl)c2oc3ncccc3c12. The van der Waals surface area contributed by atoms with Crippen LogP contribution in [-0.4, -0.2) is 28.8 Å². The summed E-state index contributed by atoms with van der Waals surface area (Å²) in [5.41, 5.74) is 0.200. The van der Waals surface area contributed by atoms with E-state index in [0.717, 1.165) is 16.2 Å². The lowest BCUT2D eigenvalue weighted by Gasteiger charge is -2.37. The molecule has 1 aromatic carbocycles. The van der Waals surface area contributed by atoms with Crippen LogP contribution in [0.25, 0.3) is 22.1 Å². The van der Waals surface area contributed by atoms with Crippen LogP contribution in [0.15, 0.2) is 34.9 Å². The predicted molar refractivity (Wildman–Crippen MR) is 93.4 cm³/mol. The van der Waals surface area contributed by atoms with Crippen LogP contribution in [0.4, 0.5) is 0 Å². The van der Waals surface area contributed by atoms with Crippen LogP contribution in [-0.2, 0) is 4.65 Å². The second kappa shape index (κ2) is 5.51. The van der Waals surface area contributed by atoms with Crippen molar-refractivity contribution >= 4 is 46.6 Å². The number of halogens is 1. The summed E-state index contributed by atoms with van der Waals surface area (Å²) in [4.78, 5) is 4.23. The van der Waals surface area contributed by atoms with Gasteiger partial charge in [-0.1, -0.05) is 17.7 Å². The molecule has 0 unspecified atom stereocenters. The zero-order chi connectivity index (χ0) is 16.8. The van der Waals surface area contributed by atoms with E-state index in [2.05, 4.69) is 4.98 Å². The summed E-state index contributed by atoms with van der Waals surface area (Å²) in [5, 5.41) is 12.5. The van der Waals surface area contributed by atoms with E-state index in [1.165, 1.54) is 0 Å². The number of fused-ring (bicyclic) bond motifs is 3. The van der Waals surface area contributed by atoms with Gasteiger partial charge in [-0.05, 0) is 51.4 Å². The van der Waals surface area contributed by atoms with E-state index in [9.17, 15) is 5.11 Å². The number of aliphatic hydroxyl groups is 1. The molecule has 2 heterocycles. The molecule has 0 amide bonds. The van der Waals surface area contributed by atoms with Crippen molar-refractivity contribution in [3.63, 3.8) is 0 Å². The first-order valence-electron chi connectivity index (χ1n) is 7.40. The van der Waals surface area contributed by atoms with Gasteiger partial charge in [0.25, 0.3) is 0 Å². The molecule has 4 nitrogen and oxygen atoms in total. The first-order chi connectivity index (χ1) is 10.7. The van der Waals surface area contributed by atoms with Crippen LogP contribution in [0.3, 0.4) is 0 Å². The second-order valence-electron chi connectivity index (χ2n) is 6.60. The van der Waals surface area contributed by atoms with Crippen molar-refractivity contribution < 1.29 is 14.2 Å². The van der Waals surface area contributed by atoms with Gasteiger partial charge in [0.15, 0.2) is 5.58 Å². The van der Waals surface area contributed by atoms with Crippen LogP contribution in [0, 0.1) is 0 Å². The van der Waals surface area contributed by atoms with Gasteiger partial charge < -0.3 is 14.2 Å². The lowest BCUT2D eigenvalue weighted by Crippen LogP contribution is -2.49. The number of rotatable bonds is 4. The van der Waals surface area contributed by atoms with E-state index in [1.54, 1.807) is 33.6 Å². The lowest BCUT2D eigenvalue weighted by atomic mass is 9.80. The maximum Gasteiger partial charge on any atom is 0.331 e. The fourth-order valence-electron chi connectivity index (χ4n) is 2.16. The molecular formula is C17H18BClNO3.